The minimum Gasteiger partial charge on any atom is -0.497 e. The van der Waals surface area contributed by atoms with Crippen LogP contribution in [0.4, 0.5) is 5.69 Å². The van der Waals surface area contributed by atoms with Crippen LogP contribution in [0.2, 0.25) is 0 Å². The SMILES string of the molecule is COc1ccc(-n2cc(-c3ccc(N4CCS(=O)CC4)cc3)cn2)cc1.N#CC1(NC(=O)C2CCCCC2)CC1. The number of benzene rings is 2. The molecule has 0 unspecified atom stereocenters. The van der Waals surface area contributed by atoms with Gasteiger partial charge in [0.1, 0.15) is 11.3 Å². The zero-order valence-corrected chi connectivity index (χ0v) is 23.9. The van der Waals surface area contributed by atoms with Crippen molar-refractivity contribution in [2.24, 2.45) is 5.92 Å². The van der Waals surface area contributed by atoms with E-state index in [2.05, 4.69) is 45.7 Å². The summed E-state index contributed by atoms with van der Waals surface area (Å²) in [7, 11) is 1.01. The second-order valence-electron chi connectivity index (χ2n) is 10.8. The van der Waals surface area contributed by atoms with Crippen LogP contribution in [0, 0.1) is 17.2 Å². The summed E-state index contributed by atoms with van der Waals surface area (Å²) in [6.45, 7) is 1.72. The number of nitrogens with one attached hydrogen (secondary N) is 1. The lowest BCUT2D eigenvalue weighted by Gasteiger charge is -2.28. The predicted molar refractivity (Wildman–Crippen MR) is 158 cm³/mol. The third kappa shape index (κ3) is 6.92. The van der Waals surface area contributed by atoms with Crippen molar-refractivity contribution in [1.82, 2.24) is 15.1 Å². The summed E-state index contributed by atoms with van der Waals surface area (Å²) in [6.07, 6.45) is 11.2. The van der Waals surface area contributed by atoms with Gasteiger partial charge in [0.05, 0.1) is 25.1 Å². The van der Waals surface area contributed by atoms with E-state index in [1.54, 1.807) is 7.11 Å². The highest BCUT2D eigenvalue weighted by Gasteiger charge is 2.45. The Kier molecular flexibility index (Phi) is 8.85. The van der Waals surface area contributed by atoms with Crippen molar-refractivity contribution in [1.29, 1.82) is 5.26 Å². The molecular formula is C31H37N5O3S. The summed E-state index contributed by atoms with van der Waals surface area (Å²) in [5.74, 6) is 2.64. The molecule has 1 aromatic heterocycles. The molecule has 2 saturated carbocycles. The molecule has 0 bridgehead atoms. The molecule has 40 heavy (non-hydrogen) atoms. The zero-order valence-electron chi connectivity index (χ0n) is 23.1. The highest BCUT2D eigenvalue weighted by Crippen LogP contribution is 2.35. The third-order valence-corrected chi connectivity index (χ3v) is 9.24. The van der Waals surface area contributed by atoms with E-state index in [1.165, 1.54) is 12.1 Å². The average Bonchev–Trinajstić information content (AvgIpc) is 3.61. The Morgan fingerprint density at radius 1 is 1.00 bits per heavy atom. The van der Waals surface area contributed by atoms with E-state index in [0.717, 1.165) is 85.7 Å². The summed E-state index contributed by atoms with van der Waals surface area (Å²) in [4.78, 5) is 14.0. The first-order valence-corrected chi connectivity index (χ1v) is 15.6. The topological polar surface area (TPSA) is 100 Å². The predicted octanol–water partition coefficient (Wildman–Crippen LogP) is 4.86. The maximum Gasteiger partial charge on any atom is 0.224 e. The first-order chi connectivity index (χ1) is 19.5. The van der Waals surface area contributed by atoms with Gasteiger partial charge in [-0.2, -0.15) is 10.4 Å². The first-order valence-electron chi connectivity index (χ1n) is 14.1. The summed E-state index contributed by atoms with van der Waals surface area (Å²) in [5.41, 5.74) is 3.92. The Morgan fingerprint density at radius 3 is 2.25 bits per heavy atom. The number of ether oxygens (including phenoxy) is 1. The Morgan fingerprint density at radius 2 is 1.65 bits per heavy atom. The molecule has 3 aromatic rings. The maximum atomic E-state index is 11.8. The van der Waals surface area contributed by atoms with Crippen LogP contribution in [-0.2, 0) is 15.6 Å². The van der Waals surface area contributed by atoms with E-state index < -0.39 is 16.3 Å². The Labute approximate surface area is 238 Å². The largest absolute Gasteiger partial charge is 0.497 e. The van der Waals surface area contributed by atoms with E-state index in [-0.39, 0.29) is 11.8 Å². The number of hydrogen-bond acceptors (Lipinski definition) is 6. The Bertz CT molecular complexity index is 1340. The van der Waals surface area contributed by atoms with E-state index in [4.69, 9.17) is 10.00 Å². The number of anilines is 1. The number of rotatable bonds is 6. The number of methoxy groups -OCH3 is 1. The minimum atomic E-state index is -0.647. The lowest BCUT2D eigenvalue weighted by Crippen LogP contribution is -2.40. The number of nitriles is 1. The van der Waals surface area contributed by atoms with Crippen LogP contribution in [0.1, 0.15) is 44.9 Å². The molecule has 9 heteroatoms. The van der Waals surface area contributed by atoms with Crippen LogP contribution >= 0.6 is 0 Å². The standard InChI is InChI=1S/C20H21N3O2S.C11H16N2O/c1-25-20-8-6-19(7-9-20)23-15-17(14-21-23)16-2-4-18(5-3-16)22-10-12-26(24)13-11-22;12-8-11(6-7-11)13-10(14)9-4-2-1-3-5-9/h2-9,14-15H,10-13H2,1H3;9H,1-7H2,(H,13,14). The fraction of sp³-hybridized carbons (Fsp3) is 0.452. The average molecular weight is 560 g/mol. The second kappa shape index (κ2) is 12.7. The molecule has 210 valence electrons. The van der Waals surface area contributed by atoms with Crippen LogP contribution < -0.4 is 15.0 Å². The summed E-state index contributed by atoms with van der Waals surface area (Å²) < 4.78 is 18.6. The monoisotopic (exact) mass is 559 g/mol. The Hall–Kier alpha value is -3.64. The van der Waals surface area contributed by atoms with Gasteiger partial charge in [-0.15, -0.1) is 0 Å². The second-order valence-corrected chi connectivity index (χ2v) is 12.5. The van der Waals surface area contributed by atoms with E-state index in [9.17, 15) is 9.00 Å². The molecule has 1 aliphatic heterocycles. The van der Waals surface area contributed by atoms with Crippen LogP contribution in [0.5, 0.6) is 5.75 Å². The number of nitrogens with zero attached hydrogens (tertiary/aromatic N) is 4. The normalized spacial score (nSPS) is 18.6. The highest BCUT2D eigenvalue weighted by atomic mass is 32.2. The van der Waals surface area contributed by atoms with E-state index in [1.807, 2.05) is 41.3 Å². The van der Waals surface area contributed by atoms with Gasteiger partial charge in [-0.05, 0) is 67.6 Å². The van der Waals surface area contributed by atoms with Gasteiger partial charge in [0, 0.05) is 58.8 Å². The van der Waals surface area contributed by atoms with Crippen LogP contribution in [0.25, 0.3) is 16.8 Å². The van der Waals surface area contributed by atoms with Crippen molar-refractivity contribution >= 4 is 22.4 Å². The van der Waals surface area contributed by atoms with Gasteiger partial charge >= 0.3 is 0 Å². The van der Waals surface area contributed by atoms with Crippen LogP contribution in [0.3, 0.4) is 0 Å². The molecule has 0 spiro atoms. The van der Waals surface area contributed by atoms with E-state index >= 15 is 0 Å². The molecule has 1 N–H and O–H groups in total. The molecule has 0 radical (unpaired) electrons. The zero-order chi connectivity index (χ0) is 28.0. The highest BCUT2D eigenvalue weighted by molar-refractivity contribution is 7.85. The number of amides is 1. The van der Waals surface area contributed by atoms with Gasteiger partial charge in [-0.1, -0.05) is 31.4 Å². The molecular weight excluding hydrogens is 522 g/mol. The fourth-order valence-electron chi connectivity index (χ4n) is 5.20. The van der Waals surface area contributed by atoms with Gasteiger partial charge in [0.15, 0.2) is 0 Å². The van der Waals surface area contributed by atoms with E-state index in [0.29, 0.717) is 0 Å². The van der Waals surface area contributed by atoms with Crippen LogP contribution in [0.15, 0.2) is 60.9 Å². The van der Waals surface area contributed by atoms with Crippen molar-refractivity contribution in [3.05, 3.63) is 60.9 Å². The van der Waals surface area contributed by atoms with Crippen molar-refractivity contribution in [3.63, 3.8) is 0 Å². The first kappa shape index (κ1) is 27.9. The number of carbonyl (C=O) groups is 1. The minimum absolute atomic E-state index is 0.115. The number of carbonyl (C=O) groups excluding carboxylic acids is 1. The molecule has 3 fully saturated rings. The molecule has 2 aliphatic carbocycles. The van der Waals surface area contributed by atoms with Crippen LogP contribution in [-0.4, -0.2) is 57.1 Å². The van der Waals surface area contributed by atoms with Crippen molar-refractivity contribution in [2.45, 2.75) is 50.5 Å². The molecule has 2 heterocycles. The van der Waals surface area contributed by atoms with Gasteiger partial charge in [-0.3, -0.25) is 9.00 Å². The molecule has 2 aromatic carbocycles. The van der Waals surface area contributed by atoms with Gasteiger partial charge in [0.2, 0.25) is 5.91 Å². The van der Waals surface area contributed by atoms with Crippen molar-refractivity contribution < 1.29 is 13.7 Å². The third-order valence-electron chi connectivity index (χ3n) is 7.97. The lowest BCUT2D eigenvalue weighted by atomic mass is 9.88. The summed E-state index contributed by atoms with van der Waals surface area (Å²) in [5, 5.41) is 16.2. The molecule has 1 saturated heterocycles. The Balaban J connectivity index is 0.000000194. The molecule has 6 rings (SSSR count). The van der Waals surface area contributed by atoms with Crippen molar-refractivity contribution in [2.75, 3.05) is 36.6 Å². The van der Waals surface area contributed by atoms with Gasteiger partial charge in [-0.25, -0.2) is 4.68 Å². The molecule has 3 aliphatic rings. The fourth-order valence-corrected chi connectivity index (χ4v) is 6.25. The summed E-state index contributed by atoms with van der Waals surface area (Å²) >= 11 is 0. The molecule has 8 nitrogen and oxygen atoms in total. The number of hydrogen-bond donors (Lipinski definition) is 1. The van der Waals surface area contributed by atoms with Gasteiger partial charge in [0.25, 0.3) is 0 Å². The molecule has 1 amide bonds. The van der Waals surface area contributed by atoms with Gasteiger partial charge < -0.3 is 15.0 Å². The lowest BCUT2D eigenvalue weighted by molar-refractivity contribution is -0.126. The maximum absolute atomic E-state index is 11.8. The summed E-state index contributed by atoms with van der Waals surface area (Å²) in [6, 6.07) is 18.5. The quantitative estimate of drug-likeness (QED) is 0.463. The molecule has 0 atom stereocenters. The van der Waals surface area contributed by atoms with Crippen molar-refractivity contribution in [3.8, 4) is 28.6 Å². The number of aromatic nitrogens is 2. The smallest absolute Gasteiger partial charge is 0.224 e.